The van der Waals surface area contributed by atoms with Crippen molar-refractivity contribution >= 4 is 5.91 Å². The molecule has 2 aromatic carbocycles. The summed E-state index contributed by atoms with van der Waals surface area (Å²) >= 11 is 0. The Bertz CT molecular complexity index is 1100. The normalized spacial score (nSPS) is 14.1. The van der Waals surface area contributed by atoms with E-state index in [1.165, 1.54) is 24.4 Å². The SMILES string of the molecule is O=C(Cc1ccc(-c2cnc(OCCN3CCNCC3)cc2F)cc1)NCc1cccc(F)c1. The number of hydrogen-bond acceptors (Lipinski definition) is 5. The van der Waals surface area contributed by atoms with Crippen LogP contribution in [0, 0.1) is 11.6 Å². The molecule has 34 heavy (non-hydrogen) atoms. The second-order valence-corrected chi connectivity index (χ2v) is 8.22. The van der Waals surface area contributed by atoms with Gasteiger partial charge in [0.25, 0.3) is 0 Å². The fourth-order valence-electron chi connectivity index (χ4n) is 3.82. The molecule has 4 rings (SSSR count). The van der Waals surface area contributed by atoms with Crippen molar-refractivity contribution < 1.29 is 18.3 Å². The highest BCUT2D eigenvalue weighted by Crippen LogP contribution is 2.25. The van der Waals surface area contributed by atoms with Gasteiger partial charge in [-0.2, -0.15) is 0 Å². The van der Waals surface area contributed by atoms with Gasteiger partial charge in [-0.3, -0.25) is 9.69 Å². The second-order valence-electron chi connectivity index (χ2n) is 8.22. The first-order valence-corrected chi connectivity index (χ1v) is 11.4. The van der Waals surface area contributed by atoms with Gasteiger partial charge in [-0.1, -0.05) is 36.4 Å². The van der Waals surface area contributed by atoms with E-state index in [0.29, 0.717) is 23.3 Å². The molecule has 0 atom stereocenters. The lowest BCUT2D eigenvalue weighted by molar-refractivity contribution is -0.120. The topological polar surface area (TPSA) is 66.5 Å². The van der Waals surface area contributed by atoms with Crippen LogP contribution in [0.2, 0.25) is 0 Å². The van der Waals surface area contributed by atoms with Crippen molar-refractivity contribution in [1.29, 1.82) is 0 Å². The summed E-state index contributed by atoms with van der Waals surface area (Å²) in [6.45, 7) is 5.41. The maximum Gasteiger partial charge on any atom is 0.224 e. The third-order valence-electron chi connectivity index (χ3n) is 5.70. The largest absolute Gasteiger partial charge is 0.476 e. The van der Waals surface area contributed by atoms with Crippen LogP contribution in [0.5, 0.6) is 5.88 Å². The zero-order valence-corrected chi connectivity index (χ0v) is 18.9. The molecule has 0 spiro atoms. The zero-order valence-electron chi connectivity index (χ0n) is 18.9. The molecule has 8 heteroatoms. The van der Waals surface area contributed by atoms with E-state index in [1.54, 1.807) is 36.4 Å². The number of halogens is 2. The monoisotopic (exact) mass is 466 g/mol. The van der Waals surface area contributed by atoms with Crippen molar-refractivity contribution in [3.05, 3.63) is 83.6 Å². The highest BCUT2D eigenvalue weighted by atomic mass is 19.1. The van der Waals surface area contributed by atoms with Gasteiger partial charge in [0.05, 0.1) is 6.42 Å². The van der Waals surface area contributed by atoms with Crippen molar-refractivity contribution in [1.82, 2.24) is 20.5 Å². The number of hydrogen-bond donors (Lipinski definition) is 2. The predicted octanol–water partition coefficient (Wildman–Crippen LogP) is 3.17. The Kier molecular flexibility index (Phi) is 8.17. The Morgan fingerprint density at radius 1 is 1.06 bits per heavy atom. The summed E-state index contributed by atoms with van der Waals surface area (Å²) in [5.74, 6) is -0.651. The fourth-order valence-corrected chi connectivity index (χ4v) is 3.82. The molecule has 0 saturated carbocycles. The number of rotatable bonds is 9. The van der Waals surface area contributed by atoms with Crippen LogP contribution in [0.15, 0.2) is 60.8 Å². The lowest BCUT2D eigenvalue weighted by Gasteiger charge is -2.26. The minimum atomic E-state index is -0.409. The Morgan fingerprint density at radius 2 is 1.85 bits per heavy atom. The number of carbonyl (C=O) groups excluding carboxylic acids is 1. The standard InChI is InChI=1S/C26H28F2N4O2/c27-22-3-1-2-20(14-22)17-30-25(33)15-19-4-6-21(7-5-19)23-18-31-26(16-24(23)28)34-13-12-32-10-8-29-9-11-32/h1-7,14,16,18,29H,8-13,15,17H2,(H,30,33). The molecule has 1 fully saturated rings. The molecule has 0 radical (unpaired) electrons. The van der Waals surface area contributed by atoms with E-state index in [-0.39, 0.29) is 30.6 Å². The van der Waals surface area contributed by atoms with Crippen LogP contribution in [-0.4, -0.2) is 55.1 Å². The van der Waals surface area contributed by atoms with Crippen molar-refractivity contribution in [3.8, 4) is 17.0 Å². The van der Waals surface area contributed by atoms with Gasteiger partial charge in [0.1, 0.15) is 18.2 Å². The van der Waals surface area contributed by atoms with Crippen molar-refractivity contribution in [2.24, 2.45) is 0 Å². The fraction of sp³-hybridized carbons (Fsp3) is 0.308. The molecule has 2 heterocycles. The molecule has 0 bridgehead atoms. The molecule has 1 amide bonds. The average Bonchev–Trinajstić information content (AvgIpc) is 2.84. The Hall–Kier alpha value is -3.36. The van der Waals surface area contributed by atoms with Gasteiger partial charge in [0, 0.05) is 57.1 Å². The van der Waals surface area contributed by atoms with Gasteiger partial charge in [-0.15, -0.1) is 0 Å². The summed E-state index contributed by atoms with van der Waals surface area (Å²) in [5.41, 5.74) is 2.53. The first kappa shape index (κ1) is 23.8. The number of amides is 1. The van der Waals surface area contributed by atoms with Crippen LogP contribution >= 0.6 is 0 Å². The molecule has 1 aliphatic rings. The predicted molar refractivity (Wildman–Crippen MR) is 126 cm³/mol. The minimum absolute atomic E-state index is 0.174. The van der Waals surface area contributed by atoms with E-state index in [2.05, 4.69) is 20.5 Å². The zero-order chi connectivity index (χ0) is 23.8. The number of ether oxygens (including phenoxy) is 1. The number of nitrogens with one attached hydrogen (secondary N) is 2. The Labute approximate surface area is 198 Å². The molecule has 6 nitrogen and oxygen atoms in total. The van der Waals surface area contributed by atoms with Gasteiger partial charge in [0.15, 0.2) is 0 Å². The molecule has 1 saturated heterocycles. The lowest BCUT2D eigenvalue weighted by atomic mass is 10.0. The summed E-state index contributed by atoms with van der Waals surface area (Å²) in [7, 11) is 0. The maximum atomic E-state index is 14.7. The molecule has 2 N–H and O–H groups in total. The Balaban J connectivity index is 1.28. The van der Waals surface area contributed by atoms with Crippen LogP contribution in [0.25, 0.3) is 11.1 Å². The molecular weight excluding hydrogens is 438 g/mol. The molecular formula is C26H28F2N4O2. The molecule has 1 aliphatic heterocycles. The van der Waals surface area contributed by atoms with Gasteiger partial charge < -0.3 is 15.4 Å². The number of carbonyl (C=O) groups is 1. The van der Waals surface area contributed by atoms with Crippen LogP contribution in [-0.2, 0) is 17.8 Å². The van der Waals surface area contributed by atoms with Crippen molar-refractivity contribution in [2.45, 2.75) is 13.0 Å². The second kappa shape index (κ2) is 11.7. The van der Waals surface area contributed by atoms with Crippen molar-refractivity contribution in [3.63, 3.8) is 0 Å². The molecule has 178 valence electrons. The summed E-state index contributed by atoms with van der Waals surface area (Å²) in [6, 6.07) is 14.5. The number of aromatic nitrogens is 1. The summed E-state index contributed by atoms with van der Waals surface area (Å²) in [5, 5.41) is 6.08. The first-order valence-electron chi connectivity index (χ1n) is 11.4. The molecule has 1 aromatic heterocycles. The number of nitrogens with zero attached hydrogens (tertiary/aromatic N) is 2. The summed E-state index contributed by atoms with van der Waals surface area (Å²) < 4.78 is 33.6. The Morgan fingerprint density at radius 3 is 2.59 bits per heavy atom. The van der Waals surface area contributed by atoms with E-state index in [1.807, 2.05) is 0 Å². The highest BCUT2D eigenvalue weighted by Gasteiger charge is 2.12. The van der Waals surface area contributed by atoms with E-state index >= 15 is 0 Å². The van der Waals surface area contributed by atoms with Gasteiger partial charge in [-0.05, 0) is 28.8 Å². The van der Waals surface area contributed by atoms with Gasteiger partial charge in [-0.25, -0.2) is 13.8 Å². The smallest absolute Gasteiger partial charge is 0.224 e. The van der Waals surface area contributed by atoms with E-state index < -0.39 is 5.82 Å². The van der Waals surface area contributed by atoms with Gasteiger partial charge in [0.2, 0.25) is 11.8 Å². The minimum Gasteiger partial charge on any atom is -0.476 e. The third-order valence-corrected chi connectivity index (χ3v) is 5.70. The molecule has 3 aromatic rings. The van der Waals surface area contributed by atoms with E-state index in [0.717, 1.165) is 38.3 Å². The number of pyridine rings is 1. The van der Waals surface area contributed by atoms with E-state index in [4.69, 9.17) is 4.74 Å². The van der Waals surface area contributed by atoms with E-state index in [9.17, 15) is 13.6 Å². The molecule has 0 aliphatic carbocycles. The first-order chi connectivity index (χ1) is 16.6. The van der Waals surface area contributed by atoms with Crippen LogP contribution in [0.4, 0.5) is 8.78 Å². The van der Waals surface area contributed by atoms with Crippen LogP contribution in [0.1, 0.15) is 11.1 Å². The maximum absolute atomic E-state index is 14.7. The van der Waals surface area contributed by atoms with Crippen LogP contribution in [0.3, 0.4) is 0 Å². The summed E-state index contributed by atoms with van der Waals surface area (Å²) in [4.78, 5) is 18.8. The molecule has 0 unspecified atom stereocenters. The van der Waals surface area contributed by atoms with Crippen molar-refractivity contribution in [2.75, 3.05) is 39.3 Å². The number of benzene rings is 2. The average molecular weight is 467 g/mol. The van der Waals surface area contributed by atoms with Crippen LogP contribution < -0.4 is 15.4 Å². The number of piperazine rings is 1. The summed E-state index contributed by atoms with van der Waals surface area (Å²) in [6.07, 6.45) is 1.65. The lowest BCUT2D eigenvalue weighted by Crippen LogP contribution is -2.44. The quantitative estimate of drug-likeness (QED) is 0.507. The third kappa shape index (κ3) is 6.82. The highest BCUT2D eigenvalue weighted by molar-refractivity contribution is 5.78. The van der Waals surface area contributed by atoms with Gasteiger partial charge >= 0.3 is 0 Å².